The minimum Gasteiger partial charge on any atom is -0.394 e. The van der Waals surface area contributed by atoms with E-state index < -0.39 is 17.4 Å². The highest BCUT2D eigenvalue weighted by atomic mass is 16.3. The maximum absolute atomic E-state index is 14.2. The third kappa shape index (κ3) is 8.43. The van der Waals surface area contributed by atoms with Crippen LogP contribution in [0.25, 0.3) is 0 Å². The topological polar surface area (TPSA) is 198 Å². The zero-order valence-corrected chi connectivity index (χ0v) is 41.4. The third-order valence-corrected chi connectivity index (χ3v) is 16.1. The summed E-state index contributed by atoms with van der Waals surface area (Å²) in [5, 5.41) is 20.4. The maximum atomic E-state index is 14.2. The number of fused-ring (bicyclic) bond motifs is 4. The summed E-state index contributed by atoms with van der Waals surface area (Å²) in [4.78, 5) is 73.3. The third-order valence-electron chi connectivity index (χ3n) is 16.1. The van der Waals surface area contributed by atoms with Gasteiger partial charge in [-0.25, -0.2) is 9.97 Å². The quantitative estimate of drug-likeness (QED) is 0.116. The zero-order valence-electron chi connectivity index (χ0n) is 41.4. The summed E-state index contributed by atoms with van der Waals surface area (Å²) in [7, 11) is 0. The zero-order chi connectivity index (χ0) is 49.4. The van der Waals surface area contributed by atoms with Gasteiger partial charge in [-0.15, -0.1) is 0 Å². The number of nitrogens with two attached hydrogens (primary N) is 1. The van der Waals surface area contributed by atoms with Crippen LogP contribution in [-0.4, -0.2) is 129 Å². The first-order chi connectivity index (χ1) is 33.4. The highest BCUT2D eigenvalue weighted by Gasteiger charge is 2.44. The molecule has 70 heavy (non-hydrogen) atoms. The molecule has 0 bridgehead atoms. The van der Waals surface area contributed by atoms with Crippen LogP contribution in [0.4, 0.5) is 40.1 Å². The van der Waals surface area contributed by atoms with Crippen LogP contribution in [0, 0.1) is 5.41 Å². The van der Waals surface area contributed by atoms with Gasteiger partial charge >= 0.3 is 0 Å². The minimum atomic E-state index is -0.764. The van der Waals surface area contributed by atoms with Crippen molar-refractivity contribution >= 4 is 63.7 Å². The van der Waals surface area contributed by atoms with Crippen LogP contribution in [0.1, 0.15) is 105 Å². The van der Waals surface area contributed by atoms with Crippen molar-refractivity contribution in [1.82, 2.24) is 24.3 Å². The van der Waals surface area contributed by atoms with Gasteiger partial charge < -0.3 is 51.0 Å². The second-order valence-corrected chi connectivity index (χ2v) is 21.7. The molecule has 370 valence electrons. The number of anilines is 7. The molecule has 0 saturated carbocycles. The van der Waals surface area contributed by atoms with Crippen LogP contribution < -0.4 is 36.4 Å². The molecule has 3 unspecified atom stereocenters. The number of nitrogens with zero attached hydrogens (tertiary/aromatic N) is 8. The Balaban J connectivity index is 0.835. The molecular formula is C53H68N12O5. The molecule has 4 amide bonds. The lowest BCUT2D eigenvalue weighted by molar-refractivity contribution is -0.119. The SMILES string of the molecule is C=CC(=O)Nc1cc(Nc2nc(N3CCCC(N4CCn5c(cc6c5CC(C)(C)C6)C4=O)C3CO)cnc2C(N)=O)ccc1N1CCN(C2CCN(c3ccc4c(c3)NC(=O)C4(C)C)[C@@H](C)C2)C[C@@H]1C. The predicted molar refractivity (Wildman–Crippen MR) is 273 cm³/mol. The van der Waals surface area contributed by atoms with E-state index in [0.717, 1.165) is 93.0 Å². The largest absolute Gasteiger partial charge is 0.394 e. The molecule has 10 rings (SSSR count). The predicted octanol–water partition coefficient (Wildman–Crippen LogP) is 5.65. The summed E-state index contributed by atoms with van der Waals surface area (Å²) < 4.78 is 2.21. The Morgan fingerprint density at radius 1 is 0.929 bits per heavy atom. The van der Waals surface area contributed by atoms with E-state index in [9.17, 15) is 24.3 Å². The maximum Gasteiger partial charge on any atom is 0.271 e. The standard InChI is InChI=1S/C53H68N12O5/c1-8-46(67)57-39-24-34(11-14-40(39)62-19-18-60(29-32(62)3)35-15-17-61(31(2)22-35)36-12-13-37-38(25-36)58-51(70)53(37,6)7)56-49-47(48(54)68)55-28-45(59-49)64-16-9-10-41(44(64)30-66)65-21-20-63-42(50(65)69)23-33-26-52(4,5)27-43(33)63/h8,11-14,23-25,28,31-32,35,41,44,66H,1,9-10,15-22,26-27,29-30H2,2-7H3,(H2,54,68)(H,56,59)(H,57,67)(H,58,70)/t31-,32-,35?,41?,44?/m0/s1. The number of primary amides is 1. The van der Waals surface area contributed by atoms with E-state index >= 15 is 0 Å². The van der Waals surface area contributed by atoms with Crippen molar-refractivity contribution in [3.8, 4) is 0 Å². The number of carbonyl (C=O) groups is 4. The number of hydrogen-bond donors (Lipinski definition) is 5. The molecule has 5 aliphatic heterocycles. The van der Waals surface area contributed by atoms with Gasteiger partial charge in [0.15, 0.2) is 11.5 Å². The van der Waals surface area contributed by atoms with E-state index in [1.807, 2.05) is 41.8 Å². The van der Waals surface area contributed by atoms with Gasteiger partial charge in [0.2, 0.25) is 11.8 Å². The number of rotatable bonds is 11. The van der Waals surface area contributed by atoms with Crippen molar-refractivity contribution in [1.29, 1.82) is 0 Å². The van der Waals surface area contributed by atoms with Gasteiger partial charge in [0.05, 0.1) is 41.7 Å². The number of aliphatic hydroxyl groups excluding tert-OH is 1. The van der Waals surface area contributed by atoms with Crippen LogP contribution >= 0.6 is 0 Å². The van der Waals surface area contributed by atoms with E-state index in [0.29, 0.717) is 48.9 Å². The first-order valence-electron chi connectivity index (χ1n) is 25.1. The molecule has 0 radical (unpaired) electrons. The second kappa shape index (κ2) is 18.1. The molecule has 3 fully saturated rings. The molecule has 7 heterocycles. The summed E-state index contributed by atoms with van der Waals surface area (Å²) >= 11 is 0. The normalized spacial score (nSPS) is 25.0. The fourth-order valence-electron chi connectivity index (χ4n) is 12.5. The van der Waals surface area contributed by atoms with Crippen LogP contribution in [0.3, 0.4) is 0 Å². The molecule has 2 aromatic heterocycles. The number of aromatic nitrogens is 3. The highest BCUT2D eigenvalue weighted by molar-refractivity contribution is 6.06. The molecule has 17 heteroatoms. The van der Waals surface area contributed by atoms with Gasteiger partial charge in [-0.3, -0.25) is 24.1 Å². The highest BCUT2D eigenvalue weighted by Crippen LogP contribution is 2.43. The molecule has 6 N–H and O–H groups in total. The van der Waals surface area contributed by atoms with Crippen LogP contribution in [0.5, 0.6) is 0 Å². The number of nitrogens with one attached hydrogen (secondary N) is 3. The van der Waals surface area contributed by atoms with E-state index in [4.69, 9.17) is 10.7 Å². The molecule has 2 aromatic carbocycles. The molecule has 17 nitrogen and oxygen atoms in total. The monoisotopic (exact) mass is 953 g/mol. The van der Waals surface area contributed by atoms with Gasteiger partial charge in [-0.1, -0.05) is 26.5 Å². The Bertz CT molecular complexity index is 2770. The number of amides is 4. The van der Waals surface area contributed by atoms with Crippen molar-refractivity contribution in [3.05, 3.63) is 89.5 Å². The summed E-state index contributed by atoms with van der Waals surface area (Å²) in [6, 6.07) is 14.3. The minimum absolute atomic E-state index is 0.0127. The van der Waals surface area contributed by atoms with Gasteiger partial charge in [0.1, 0.15) is 11.5 Å². The van der Waals surface area contributed by atoms with Crippen LogP contribution in [0.2, 0.25) is 0 Å². The van der Waals surface area contributed by atoms with Crippen molar-refractivity contribution in [2.24, 2.45) is 11.1 Å². The molecule has 4 aromatic rings. The number of aliphatic hydroxyl groups is 1. The van der Waals surface area contributed by atoms with E-state index in [1.165, 1.54) is 23.5 Å². The van der Waals surface area contributed by atoms with Crippen molar-refractivity contribution < 1.29 is 24.3 Å². The van der Waals surface area contributed by atoms with E-state index in [2.05, 4.69) is 98.7 Å². The number of benzene rings is 2. The first-order valence-corrected chi connectivity index (χ1v) is 25.1. The van der Waals surface area contributed by atoms with Crippen LogP contribution in [0.15, 0.2) is 61.3 Å². The Hall–Kier alpha value is -6.46. The second-order valence-electron chi connectivity index (χ2n) is 21.7. The Kier molecular flexibility index (Phi) is 12.2. The van der Waals surface area contributed by atoms with E-state index in [1.54, 1.807) is 0 Å². The summed E-state index contributed by atoms with van der Waals surface area (Å²) in [5.74, 6) is -0.522. The molecule has 5 atom stereocenters. The number of carbonyl (C=O) groups excluding carboxylic acids is 4. The van der Waals surface area contributed by atoms with E-state index in [-0.39, 0.29) is 53.3 Å². The van der Waals surface area contributed by atoms with Gasteiger partial charge in [0.25, 0.3) is 11.8 Å². The summed E-state index contributed by atoms with van der Waals surface area (Å²) in [6.45, 7) is 21.7. The summed E-state index contributed by atoms with van der Waals surface area (Å²) in [6.07, 6.45) is 8.19. The van der Waals surface area contributed by atoms with Crippen molar-refractivity contribution in [2.45, 2.75) is 122 Å². The average molecular weight is 953 g/mol. The lowest BCUT2D eigenvalue weighted by Gasteiger charge is -2.48. The fraction of sp³-hybridized carbons (Fsp3) is 0.509. The lowest BCUT2D eigenvalue weighted by Crippen LogP contribution is -2.60. The molecule has 3 saturated heterocycles. The number of piperazine rings is 1. The molecule has 1 aliphatic carbocycles. The molecule has 0 spiro atoms. The molecular weight excluding hydrogens is 885 g/mol. The Labute approximate surface area is 410 Å². The summed E-state index contributed by atoms with van der Waals surface area (Å²) in [5.41, 5.74) is 13.8. The smallest absolute Gasteiger partial charge is 0.271 e. The number of piperidine rings is 2. The average Bonchev–Trinajstić information content (AvgIpc) is 3.91. The van der Waals surface area contributed by atoms with Gasteiger partial charge in [-0.2, -0.15) is 0 Å². The Morgan fingerprint density at radius 3 is 2.47 bits per heavy atom. The van der Waals surface area contributed by atoms with Gasteiger partial charge in [-0.05, 0) is 125 Å². The lowest BCUT2D eigenvalue weighted by atomic mass is 9.86. The number of hydrogen-bond acceptors (Lipinski definition) is 12. The van der Waals surface area contributed by atoms with Gasteiger partial charge in [0, 0.05) is 86.7 Å². The van der Waals surface area contributed by atoms with Crippen molar-refractivity contribution in [3.63, 3.8) is 0 Å². The Morgan fingerprint density at radius 2 is 1.73 bits per heavy atom. The fourth-order valence-corrected chi connectivity index (χ4v) is 12.5. The van der Waals surface area contributed by atoms with Crippen molar-refractivity contribution in [2.75, 3.05) is 76.5 Å². The molecule has 6 aliphatic rings. The van der Waals surface area contributed by atoms with Crippen LogP contribution in [-0.2, 0) is 34.4 Å². The first kappa shape index (κ1) is 47.2.